The summed E-state index contributed by atoms with van der Waals surface area (Å²) >= 11 is 0. The first-order chi connectivity index (χ1) is 3.30. The van der Waals surface area contributed by atoms with E-state index in [4.69, 9.17) is 5.11 Å². The standard InChI is InChI=1S/C4H8O3/c1-3-2-6-7-4(3)5/h3-5H,2H2,1H3. The van der Waals surface area contributed by atoms with Crippen LogP contribution in [0.1, 0.15) is 6.92 Å². The molecule has 0 aromatic carbocycles. The molecule has 0 amide bonds. The zero-order valence-electron chi connectivity index (χ0n) is 4.13. The second kappa shape index (κ2) is 1.78. The molecular weight excluding hydrogens is 96.0 g/mol. The highest BCUT2D eigenvalue weighted by Crippen LogP contribution is 2.12. The maximum absolute atomic E-state index is 8.65. The maximum atomic E-state index is 8.65. The van der Waals surface area contributed by atoms with Gasteiger partial charge in [0.25, 0.3) is 0 Å². The lowest BCUT2D eigenvalue weighted by molar-refractivity contribution is -0.318. The van der Waals surface area contributed by atoms with Gasteiger partial charge in [-0.1, -0.05) is 6.92 Å². The van der Waals surface area contributed by atoms with Crippen LogP contribution in [-0.2, 0) is 9.78 Å². The van der Waals surface area contributed by atoms with Crippen LogP contribution in [0.4, 0.5) is 0 Å². The molecule has 1 saturated heterocycles. The van der Waals surface area contributed by atoms with Crippen LogP contribution in [0.2, 0.25) is 0 Å². The van der Waals surface area contributed by atoms with Gasteiger partial charge in [-0.15, -0.1) is 0 Å². The minimum absolute atomic E-state index is 0.125. The van der Waals surface area contributed by atoms with E-state index in [1.165, 1.54) is 0 Å². The van der Waals surface area contributed by atoms with Gasteiger partial charge in [0.1, 0.15) is 0 Å². The van der Waals surface area contributed by atoms with Crippen LogP contribution in [0.15, 0.2) is 0 Å². The Balaban J connectivity index is 2.33. The average Bonchev–Trinajstić information content (AvgIpc) is 1.91. The van der Waals surface area contributed by atoms with Crippen LogP contribution in [-0.4, -0.2) is 18.0 Å². The summed E-state index contributed by atoms with van der Waals surface area (Å²) in [5.41, 5.74) is 0. The van der Waals surface area contributed by atoms with Crippen molar-refractivity contribution < 1.29 is 14.9 Å². The molecule has 0 spiro atoms. The fourth-order valence-corrected chi connectivity index (χ4v) is 0.393. The summed E-state index contributed by atoms with van der Waals surface area (Å²) in [6.07, 6.45) is -0.708. The molecule has 1 heterocycles. The second-order valence-electron chi connectivity index (χ2n) is 1.75. The van der Waals surface area contributed by atoms with Crippen molar-refractivity contribution >= 4 is 0 Å². The minimum atomic E-state index is -0.708. The zero-order valence-corrected chi connectivity index (χ0v) is 4.13. The molecular formula is C4H8O3. The van der Waals surface area contributed by atoms with Crippen molar-refractivity contribution in [2.75, 3.05) is 6.61 Å². The van der Waals surface area contributed by atoms with Gasteiger partial charge in [0.15, 0.2) is 6.29 Å². The molecule has 2 atom stereocenters. The quantitative estimate of drug-likeness (QED) is 0.436. The Morgan fingerprint density at radius 1 is 1.71 bits per heavy atom. The van der Waals surface area contributed by atoms with E-state index < -0.39 is 6.29 Å². The number of hydrogen-bond donors (Lipinski definition) is 1. The Bertz CT molecular complexity index is 56.0. The molecule has 0 saturated carbocycles. The molecule has 1 aliphatic rings. The molecule has 1 rings (SSSR count). The summed E-state index contributed by atoms with van der Waals surface area (Å²) in [7, 11) is 0. The fraction of sp³-hybridized carbons (Fsp3) is 1.00. The van der Waals surface area contributed by atoms with Gasteiger partial charge in [-0.25, -0.2) is 9.78 Å². The third-order valence-electron chi connectivity index (χ3n) is 0.984. The third-order valence-corrected chi connectivity index (χ3v) is 0.984. The van der Waals surface area contributed by atoms with Gasteiger partial charge >= 0.3 is 0 Å². The Morgan fingerprint density at radius 2 is 2.43 bits per heavy atom. The highest BCUT2D eigenvalue weighted by molar-refractivity contribution is 4.54. The lowest BCUT2D eigenvalue weighted by Crippen LogP contribution is -2.11. The van der Waals surface area contributed by atoms with Crippen molar-refractivity contribution in [3.8, 4) is 0 Å². The normalized spacial score (nSPS) is 42.0. The third kappa shape index (κ3) is 0.907. The van der Waals surface area contributed by atoms with Gasteiger partial charge < -0.3 is 5.11 Å². The van der Waals surface area contributed by atoms with Crippen molar-refractivity contribution in [2.24, 2.45) is 5.92 Å². The summed E-state index contributed by atoms with van der Waals surface area (Å²) < 4.78 is 0. The van der Waals surface area contributed by atoms with Gasteiger partial charge in [0.05, 0.1) is 6.61 Å². The van der Waals surface area contributed by atoms with Crippen molar-refractivity contribution in [1.29, 1.82) is 0 Å². The molecule has 0 aromatic rings. The van der Waals surface area contributed by atoms with Gasteiger partial charge in [-0.05, 0) is 0 Å². The SMILES string of the molecule is CC1COOC1O. The summed E-state index contributed by atoms with van der Waals surface area (Å²) in [5.74, 6) is 0.125. The molecule has 0 radical (unpaired) electrons. The largest absolute Gasteiger partial charge is 0.365 e. The summed E-state index contributed by atoms with van der Waals surface area (Å²) in [6.45, 7) is 2.36. The lowest BCUT2D eigenvalue weighted by Gasteiger charge is -1.98. The van der Waals surface area contributed by atoms with Crippen molar-refractivity contribution in [3.63, 3.8) is 0 Å². The monoisotopic (exact) mass is 104 g/mol. The van der Waals surface area contributed by atoms with Crippen LogP contribution in [0.3, 0.4) is 0 Å². The molecule has 3 heteroatoms. The molecule has 42 valence electrons. The first kappa shape index (κ1) is 5.03. The van der Waals surface area contributed by atoms with Crippen LogP contribution >= 0.6 is 0 Å². The second-order valence-corrected chi connectivity index (χ2v) is 1.75. The Morgan fingerprint density at radius 3 is 2.57 bits per heavy atom. The number of hydrogen-bond acceptors (Lipinski definition) is 3. The number of aliphatic hydroxyl groups excluding tert-OH is 1. The van der Waals surface area contributed by atoms with Gasteiger partial charge in [0, 0.05) is 5.92 Å². The summed E-state index contributed by atoms with van der Waals surface area (Å²) in [5, 5.41) is 8.65. The molecule has 2 unspecified atom stereocenters. The summed E-state index contributed by atoms with van der Waals surface area (Å²) in [4.78, 5) is 8.74. The molecule has 0 bridgehead atoms. The topological polar surface area (TPSA) is 38.7 Å². The van der Waals surface area contributed by atoms with E-state index in [2.05, 4.69) is 9.78 Å². The van der Waals surface area contributed by atoms with Gasteiger partial charge in [-0.3, -0.25) is 0 Å². The highest BCUT2D eigenvalue weighted by atomic mass is 17.2. The molecule has 7 heavy (non-hydrogen) atoms. The van der Waals surface area contributed by atoms with E-state index in [0.29, 0.717) is 6.61 Å². The van der Waals surface area contributed by atoms with E-state index in [-0.39, 0.29) is 5.92 Å². The van der Waals surface area contributed by atoms with Crippen LogP contribution < -0.4 is 0 Å². The lowest BCUT2D eigenvalue weighted by atomic mass is 10.2. The molecule has 1 fully saturated rings. The average molecular weight is 104 g/mol. The Hall–Kier alpha value is -0.120. The van der Waals surface area contributed by atoms with Crippen LogP contribution in [0, 0.1) is 5.92 Å². The first-order valence-corrected chi connectivity index (χ1v) is 2.27. The molecule has 1 aliphatic heterocycles. The molecule has 0 aliphatic carbocycles. The van der Waals surface area contributed by atoms with Crippen molar-refractivity contribution in [1.82, 2.24) is 0 Å². The first-order valence-electron chi connectivity index (χ1n) is 2.27. The van der Waals surface area contributed by atoms with Crippen molar-refractivity contribution in [3.05, 3.63) is 0 Å². The van der Waals surface area contributed by atoms with Gasteiger partial charge in [0.2, 0.25) is 0 Å². The zero-order chi connectivity index (χ0) is 5.28. The predicted molar refractivity (Wildman–Crippen MR) is 22.2 cm³/mol. The van der Waals surface area contributed by atoms with Crippen molar-refractivity contribution in [2.45, 2.75) is 13.2 Å². The molecule has 0 aromatic heterocycles. The van der Waals surface area contributed by atoms with Crippen LogP contribution in [0.5, 0.6) is 0 Å². The Labute approximate surface area is 41.8 Å². The van der Waals surface area contributed by atoms with Gasteiger partial charge in [-0.2, -0.15) is 0 Å². The van der Waals surface area contributed by atoms with E-state index in [0.717, 1.165) is 0 Å². The fourth-order valence-electron chi connectivity index (χ4n) is 0.393. The van der Waals surface area contributed by atoms with E-state index in [1.54, 1.807) is 0 Å². The number of rotatable bonds is 0. The molecule has 3 nitrogen and oxygen atoms in total. The summed E-state index contributed by atoms with van der Waals surface area (Å²) in [6, 6.07) is 0. The maximum Gasteiger partial charge on any atom is 0.193 e. The Kier molecular flexibility index (Phi) is 1.27. The molecule has 1 N–H and O–H groups in total. The van der Waals surface area contributed by atoms with E-state index >= 15 is 0 Å². The minimum Gasteiger partial charge on any atom is -0.365 e. The predicted octanol–water partition coefficient (Wildman–Crippen LogP) is -0.0973. The number of aliphatic hydroxyl groups is 1. The smallest absolute Gasteiger partial charge is 0.193 e. The highest BCUT2D eigenvalue weighted by Gasteiger charge is 2.22. The van der Waals surface area contributed by atoms with E-state index in [1.807, 2.05) is 6.92 Å². The van der Waals surface area contributed by atoms with Crippen LogP contribution in [0.25, 0.3) is 0 Å². The van der Waals surface area contributed by atoms with E-state index in [9.17, 15) is 0 Å².